The number of ether oxygens (including phenoxy) is 1. The molecule has 1 aliphatic rings. The van der Waals surface area contributed by atoms with Crippen LogP contribution in [0.3, 0.4) is 0 Å². The average Bonchev–Trinajstić information content (AvgIpc) is 3.27. The summed E-state index contributed by atoms with van der Waals surface area (Å²) in [4.78, 5) is 21.1. The molecule has 1 fully saturated rings. The first kappa shape index (κ1) is 19.6. The Bertz CT molecular complexity index is 1050. The summed E-state index contributed by atoms with van der Waals surface area (Å²) in [5.74, 6) is 1.85. The molecule has 1 amide bonds. The van der Waals surface area contributed by atoms with Crippen molar-refractivity contribution in [1.82, 2.24) is 19.9 Å². The molecule has 8 nitrogen and oxygen atoms in total. The highest BCUT2D eigenvalue weighted by atomic mass is 16.5. The number of hydrogen-bond acceptors (Lipinski definition) is 7. The number of piperazine rings is 1. The van der Waals surface area contributed by atoms with Crippen molar-refractivity contribution in [3.05, 3.63) is 65.5 Å². The lowest BCUT2D eigenvalue weighted by atomic mass is 10.1. The minimum atomic E-state index is -0.0151. The van der Waals surface area contributed by atoms with E-state index in [9.17, 15) is 4.79 Å². The largest absolute Gasteiger partial charge is 0.497 e. The molecule has 1 saturated heterocycles. The third-order valence-corrected chi connectivity index (χ3v) is 5.10. The van der Waals surface area contributed by atoms with Gasteiger partial charge >= 0.3 is 0 Å². The van der Waals surface area contributed by atoms with E-state index in [1.165, 1.54) is 0 Å². The first-order valence-corrected chi connectivity index (χ1v) is 9.65. The zero-order valence-electron chi connectivity index (χ0n) is 16.6. The molecule has 0 bridgehead atoms. The Hall–Kier alpha value is -3.70. The number of aromatic nitrogens is 2. The van der Waals surface area contributed by atoms with Gasteiger partial charge in [0.15, 0.2) is 0 Å². The number of nitrogens with zero attached hydrogens (tertiary/aromatic N) is 5. The number of amides is 1. The molecule has 2 aromatic carbocycles. The molecular weight excluding hydrogens is 382 g/mol. The van der Waals surface area contributed by atoms with Crippen molar-refractivity contribution in [2.24, 2.45) is 0 Å². The lowest BCUT2D eigenvalue weighted by molar-refractivity contribution is 0.0615. The highest BCUT2D eigenvalue weighted by Crippen LogP contribution is 2.20. The van der Waals surface area contributed by atoms with Crippen molar-refractivity contribution in [1.29, 1.82) is 5.26 Å². The van der Waals surface area contributed by atoms with Crippen LogP contribution in [0.25, 0.3) is 11.4 Å². The maximum absolute atomic E-state index is 12.6. The van der Waals surface area contributed by atoms with Gasteiger partial charge in [0.05, 0.1) is 25.3 Å². The third kappa shape index (κ3) is 4.31. The van der Waals surface area contributed by atoms with E-state index >= 15 is 0 Å². The minimum absolute atomic E-state index is 0.0151. The van der Waals surface area contributed by atoms with Crippen LogP contribution >= 0.6 is 0 Å². The van der Waals surface area contributed by atoms with Crippen molar-refractivity contribution in [3.8, 4) is 23.2 Å². The lowest BCUT2D eigenvalue weighted by Crippen LogP contribution is -2.48. The molecule has 1 aromatic heterocycles. The van der Waals surface area contributed by atoms with Gasteiger partial charge in [-0.1, -0.05) is 5.16 Å². The zero-order chi connectivity index (χ0) is 20.9. The van der Waals surface area contributed by atoms with Crippen LogP contribution in [0.1, 0.15) is 21.8 Å². The predicted octanol–water partition coefficient (Wildman–Crippen LogP) is 2.57. The summed E-state index contributed by atoms with van der Waals surface area (Å²) in [6.07, 6.45) is 0. The Morgan fingerprint density at radius 3 is 2.43 bits per heavy atom. The molecule has 4 rings (SSSR count). The van der Waals surface area contributed by atoms with Gasteiger partial charge in [-0.25, -0.2) is 0 Å². The molecule has 152 valence electrons. The van der Waals surface area contributed by atoms with E-state index in [2.05, 4.69) is 21.1 Å². The zero-order valence-corrected chi connectivity index (χ0v) is 16.6. The standard InChI is InChI=1S/C22H21N5O3/c1-29-19-8-6-17(7-9-19)21-24-20(30-25-21)15-26-10-12-27(13-11-26)22(28)18-4-2-16(14-23)3-5-18/h2-9H,10-13,15H2,1H3. The molecule has 3 aromatic rings. The van der Waals surface area contributed by atoms with Gasteiger partial charge in [-0.2, -0.15) is 10.2 Å². The summed E-state index contributed by atoms with van der Waals surface area (Å²) in [6, 6.07) is 16.3. The van der Waals surface area contributed by atoms with Crippen LogP contribution in [-0.2, 0) is 6.54 Å². The number of hydrogen-bond donors (Lipinski definition) is 0. The maximum atomic E-state index is 12.6. The maximum Gasteiger partial charge on any atom is 0.253 e. The number of carbonyl (C=O) groups is 1. The van der Waals surface area contributed by atoms with E-state index < -0.39 is 0 Å². The van der Waals surface area contributed by atoms with E-state index in [-0.39, 0.29) is 5.91 Å². The first-order chi connectivity index (χ1) is 14.7. The molecule has 0 atom stereocenters. The van der Waals surface area contributed by atoms with Crippen LogP contribution in [0.4, 0.5) is 0 Å². The van der Waals surface area contributed by atoms with Crippen molar-refractivity contribution < 1.29 is 14.1 Å². The molecule has 0 radical (unpaired) electrons. The van der Waals surface area contributed by atoms with Gasteiger partial charge in [-0.3, -0.25) is 9.69 Å². The number of methoxy groups -OCH3 is 1. The van der Waals surface area contributed by atoms with Crippen LogP contribution in [0, 0.1) is 11.3 Å². The topological polar surface area (TPSA) is 95.5 Å². The molecule has 8 heteroatoms. The predicted molar refractivity (Wildman–Crippen MR) is 109 cm³/mol. The molecule has 0 aliphatic carbocycles. The van der Waals surface area contributed by atoms with Crippen molar-refractivity contribution in [2.75, 3.05) is 33.3 Å². The minimum Gasteiger partial charge on any atom is -0.497 e. The number of benzene rings is 2. The van der Waals surface area contributed by atoms with E-state index in [0.29, 0.717) is 42.5 Å². The summed E-state index contributed by atoms with van der Waals surface area (Å²) < 4.78 is 10.6. The molecule has 0 saturated carbocycles. The SMILES string of the molecule is COc1ccc(-c2noc(CN3CCN(C(=O)c4ccc(C#N)cc4)CC3)n2)cc1. The second-order valence-corrected chi connectivity index (χ2v) is 7.00. The van der Waals surface area contributed by atoms with Crippen molar-refractivity contribution in [2.45, 2.75) is 6.54 Å². The van der Waals surface area contributed by atoms with E-state index in [0.717, 1.165) is 24.4 Å². The summed E-state index contributed by atoms with van der Waals surface area (Å²) in [7, 11) is 1.62. The number of nitriles is 1. The van der Waals surface area contributed by atoms with Crippen molar-refractivity contribution in [3.63, 3.8) is 0 Å². The molecule has 0 N–H and O–H groups in total. The summed E-state index contributed by atoms with van der Waals surface area (Å²) >= 11 is 0. The second kappa shape index (κ2) is 8.76. The molecule has 1 aliphatic heterocycles. The van der Waals surface area contributed by atoms with Crippen LogP contribution in [0.5, 0.6) is 5.75 Å². The monoisotopic (exact) mass is 403 g/mol. The van der Waals surface area contributed by atoms with Gasteiger partial charge < -0.3 is 14.2 Å². The fraction of sp³-hybridized carbons (Fsp3) is 0.273. The van der Waals surface area contributed by atoms with E-state index in [1.807, 2.05) is 29.2 Å². The Labute approximate surface area is 174 Å². The lowest BCUT2D eigenvalue weighted by Gasteiger charge is -2.34. The quantitative estimate of drug-likeness (QED) is 0.646. The van der Waals surface area contributed by atoms with Gasteiger partial charge in [-0.15, -0.1) is 0 Å². The van der Waals surface area contributed by atoms with Gasteiger partial charge in [0, 0.05) is 37.3 Å². The van der Waals surface area contributed by atoms with Gasteiger partial charge in [0.2, 0.25) is 11.7 Å². The molecule has 30 heavy (non-hydrogen) atoms. The summed E-state index contributed by atoms with van der Waals surface area (Å²) in [6.45, 7) is 3.24. The molecule has 0 unspecified atom stereocenters. The summed E-state index contributed by atoms with van der Waals surface area (Å²) in [5, 5.41) is 12.9. The Morgan fingerprint density at radius 1 is 1.10 bits per heavy atom. The Morgan fingerprint density at radius 2 is 1.80 bits per heavy atom. The molecule has 0 spiro atoms. The second-order valence-electron chi connectivity index (χ2n) is 7.00. The Balaban J connectivity index is 1.32. The van der Waals surface area contributed by atoms with Crippen molar-refractivity contribution >= 4 is 5.91 Å². The smallest absolute Gasteiger partial charge is 0.253 e. The van der Waals surface area contributed by atoms with Crippen LogP contribution in [0.15, 0.2) is 53.1 Å². The highest BCUT2D eigenvalue weighted by Gasteiger charge is 2.23. The summed E-state index contributed by atoms with van der Waals surface area (Å²) in [5.41, 5.74) is 2.01. The van der Waals surface area contributed by atoms with Crippen LogP contribution in [-0.4, -0.2) is 59.1 Å². The van der Waals surface area contributed by atoms with E-state index in [4.69, 9.17) is 14.5 Å². The fourth-order valence-corrected chi connectivity index (χ4v) is 3.35. The average molecular weight is 403 g/mol. The van der Waals surface area contributed by atoms with Crippen LogP contribution < -0.4 is 4.74 Å². The highest BCUT2D eigenvalue weighted by molar-refractivity contribution is 5.94. The van der Waals surface area contributed by atoms with Gasteiger partial charge in [-0.05, 0) is 48.5 Å². The number of rotatable bonds is 5. The van der Waals surface area contributed by atoms with Gasteiger partial charge in [0.25, 0.3) is 5.91 Å². The normalized spacial score (nSPS) is 14.3. The molecular formula is C22H21N5O3. The van der Waals surface area contributed by atoms with Crippen LogP contribution in [0.2, 0.25) is 0 Å². The third-order valence-electron chi connectivity index (χ3n) is 5.10. The first-order valence-electron chi connectivity index (χ1n) is 9.65. The molecule has 2 heterocycles. The fourth-order valence-electron chi connectivity index (χ4n) is 3.35. The number of carbonyl (C=O) groups excluding carboxylic acids is 1. The van der Waals surface area contributed by atoms with Gasteiger partial charge in [0.1, 0.15) is 5.75 Å². The Kier molecular flexibility index (Phi) is 5.72. The van der Waals surface area contributed by atoms with E-state index in [1.54, 1.807) is 31.4 Å².